The standard InChI is InChI=1S/C15H15ClN2O2/c1-2-20-14(10-6-4-3-5-7-10)13(19)12-8-11(16)9-18-15(12)17/h3-9,14H,2H2,1H3,(H2,17,18). The molecule has 1 atom stereocenters. The summed E-state index contributed by atoms with van der Waals surface area (Å²) in [6.45, 7) is 2.25. The number of rotatable bonds is 5. The van der Waals surface area contributed by atoms with E-state index >= 15 is 0 Å². The predicted octanol–water partition coefficient (Wildman–Crippen LogP) is 3.28. The number of carbonyl (C=O) groups excluding carboxylic acids is 1. The van der Waals surface area contributed by atoms with E-state index in [0.717, 1.165) is 5.56 Å². The van der Waals surface area contributed by atoms with Crippen molar-refractivity contribution in [3.05, 3.63) is 58.7 Å². The van der Waals surface area contributed by atoms with Crippen molar-refractivity contribution in [1.29, 1.82) is 0 Å². The van der Waals surface area contributed by atoms with E-state index in [0.29, 0.717) is 11.6 Å². The quantitative estimate of drug-likeness (QED) is 0.858. The van der Waals surface area contributed by atoms with Crippen molar-refractivity contribution in [2.24, 2.45) is 0 Å². The SMILES string of the molecule is CCOC(C(=O)c1cc(Cl)cnc1N)c1ccccc1. The molecule has 2 N–H and O–H groups in total. The Bertz CT molecular complexity index is 602. The molecule has 2 aromatic rings. The van der Waals surface area contributed by atoms with Gasteiger partial charge >= 0.3 is 0 Å². The van der Waals surface area contributed by atoms with Gasteiger partial charge in [0.05, 0.1) is 10.6 Å². The fraction of sp³-hybridized carbons (Fsp3) is 0.200. The van der Waals surface area contributed by atoms with E-state index in [1.165, 1.54) is 12.3 Å². The maximum Gasteiger partial charge on any atom is 0.199 e. The zero-order valence-corrected chi connectivity index (χ0v) is 11.8. The Hall–Kier alpha value is -1.91. The van der Waals surface area contributed by atoms with Gasteiger partial charge in [-0.2, -0.15) is 0 Å². The number of hydrogen-bond acceptors (Lipinski definition) is 4. The zero-order chi connectivity index (χ0) is 14.5. The second-order valence-electron chi connectivity index (χ2n) is 4.20. The number of halogens is 1. The molecule has 0 saturated carbocycles. The third kappa shape index (κ3) is 3.15. The third-order valence-electron chi connectivity index (χ3n) is 2.82. The highest BCUT2D eigenvalue weighted by Crippen LogP contribution is 2.25. The van der Waals surface area contributed by atoms with Gasteiger partial charge in [-0.05, 0) is 18.6 Å². The number of nitrogens with two attached hydrogens (primary N) is 1. The largest absolute Gasteiger partial charge is 0.383 e. The number of aromatic nitrogens is 1. The van der Waals surface area contributed by atoms with Gasteiger partial charge in [0.2, 0.25) is 0 Å². The number of nitrogen functional groups attached to an aromatic ring is 1. The molecule has 5 heteroatoms. The lowest BCUT2D eigenvalue weighted by Crippen LogP contribution is -2.18. The molecule has 0 fully saturated rings. The highest BCUT2D eigenvalue weighted by molar-refractivity contribution is 6.31. The van der Waals surface area contributed by atoms with Crippen LogP contribution in [0.1, 0.15) is 28.9 Å². The topological polar surface area (TPSA) is 65.2 Å². The fourth-order valence-electron chi connectivity index (χ4n) is 1.91. The lowest BCUT2D eigenvalue weighted by Gasteiger charge is -2.17. The van der Waals surface area contributed by atoms with Crippen LogP contribution < -0.4 is 5.73 Å². The molecule has 1 unspecified atom stereocenters. The van der Waals surface area contributed by atoms with Crippen LogP contribution in [-0.4, -0.2) is 17.4 Å². The molecule has 0 aliphatic heterocycles. The minimum atomic E-state index is -0.705. The van der Waals surface area contributed by atoms with E-state index in [1.54, 1.807) is 0 Å². The molecule has 0 aliphatic carbocycles. The first kappa shape index (κ1) is 14.5. The highest BCUT2D eigenvalue weighted by Gasteiger charge is 2.24. The molecule has 20 heavy (non-hydrogen) atoms. The average Bonchev–Trinajstić information content (AvgIpc) is 2.47. The summed E-state index contributed by atoms with van der Waals surface area (Å²) in [4.78, 5) is 16.5. The van der Waals surface area contributed by atoms with Gasteiger partial charge in [0.15, 0.2) is 5.78 Å². The van der Waals surface area contributed by atoms with Crippen molar-refractivity contribution in [1.82, 2.24) is 4.98 Å². The molecule has 0 aliphatic rings. The number of Topliss-reactive ketones (excluding diaryl/α,β-unsaturated/α-hetero) is 1. The Morgan fingerprint density at radius 2 is 2.10 bits per heavy atom. The van der Waals surface area contributed by atoms with Gasteiger partial charge in [0, 0.05) is 12.8 Å². The highest BCUT2D eigenvalue weighted by atomic mass is 35.5. The fourth-order valence-corrected chi connectivity index (χ4v) is 2.06. The second-order valence-corrected chi connectivity index (χ2v) is 4.63. The van der Waals surface area contributed by atoms with E-state index in [1.807, 2.05) is 37.3 Å². The van der Waals surface area contributed by atoms with Gasteiger partial charge in [-0.25, -0.2) is 4.98 Å². The first-order chi connectivity index (χ1) is 9.63. The normalized spacial score (nSPS) is 12.1. The molecule has 0 saturated heterocycles. The molecule has 104 valence electrons. The van der Waals surface area contributed by atoms with Crippen LogP contribution in [0.4, 0.5) is 5.82 Å². The summed E-state index contributed by atoms with van der Waals surface area (Å²) in [5, 5.41) is 0.367. The first-order valence-electron chi connectivity index (χ1n) is 6.25. The summed E-state index contributed by atoms with van der Waals surface area (Å²) in [7, 11) is 0. The van der Waals surface area contributed by atoms with Crippen molar-refractivity contribution >= 4 is 23.2 Å². The smallest absolute Gasteiger partial charge is 0.199 e. The molecule has 0 radical (unpaired) electrons. The van der Waals surface area contributed by atoms with Crippen LogP contribution in [-0.2, 0) is 4.74 Å². The summed E-state index contributed by atoms with van der Waals surface area (Å²) in [6, 6.07) is 10.8. The predicted molar refractivity (Wildman–Crippen MR) is 78.8 cm³/mol. The summed E-state index contributed by atoms with van der Waals surface area (Å²) in [6.07, 6.45) is 0.704. The number of nitrogens with zero attached hydrogens (tertiary/aromatic N) is 1. The van der Waals surface area contributed by atoms with Crippen LogP contribution in [0.2, 0.25) is 5.02 Å². The molecule has 1 aromatic carbocycles. The van der Waals surface area contributed by atoms with Crippen molar-refractivity contribution in [2.45, 2.75) is 13.0 Å². The number of carbonyl (C=O) groups is 1. The Kier molecular flexibility index (Phi) is 4.71. The van der Waals surface area contributed by atoms with Crippen molar-refractivity contribution < 1.29 is 9.53 Å². The Morgan fingerprint density at radius 1 is 1.40 bits per heavy atom. The summed E-state index contributed by atoms with van der Waals surface area (Å²) >= 11 is 5.88. The van der Waals surface area contributed by atoms with Crippen LogP contribution in [0.5, 0.6) is 0 Å². The van der Waals surface area contributed by atoms with Crippen LogP contribution >= 0.6 is 11.6 Å². The lowest BCUT2D eigenvalue weighted by atomic mass is 10.0. The molecule has 4 nitrogen and oxygen atoms in total. The molecule has 0 bridgehead atoms. The van der Waals surface area contributed by atoms with Crippen LogP contribution in [0.15, 0.2) is 42.6 Å². The molecular formula is C15H15ClN2O2. The average molecular weight is 291 g/mol. The molecular weight excluding hydrogens is 276 g/mol. The Balaban J connectivity index is 2.39. The molecule has 0 amide bonds. The number of ether oxygens (including phenoxy) is 1. The number of pyridine rings is 1. The lowest BCUT2D eigenvalue weighted by molar-refractivity contribution is 0.0453. The van der Waals surface area contributed by atoms with Crippen molar-refractivity contribution in [2.75, 3.05) is 12.3 Å². The van der Waals surface area contributed by atoms with Crippen molar-refractivity contribution in [3.63, 3.8) is 0 Å². The third-order valence-corrected chi connectivity index (χ3v) is 3.03. The maximum absolute atomic E-state index is 12.6. The minimum absolute atomic E-state index is 0.153. The second kappa shape index (κ2) is 6.50. The zero-order valence-electron chi connectivity index (χ0n) is 11.0. The van der Waals surface area contributed by atoms with Gasteiger partial charge in [-0.3, -0.25) is 4.79 Å². The summed E-state index contributed by atoms with van der Waals surface area (Å²) < 4.78 is 5.56. The molecule has 2 rings (SSSR count). The van der Waals surface area contributed by atoms with Crippen LogP contribution in [0.25, 0.3) is 0 Å². The summed E-state index contributed by atoms with van der Waals surface area (Å²) in [5.74, 6) is -0.0921. The van der Waals surface area contributed by atoms with Gasteiger partial charge in [0.25, 0.3) is 0 Å². The Labute approximate surface area is 122 Å². The van der Waals surface area contributed by atoms with E-state index in [2.05, 4.69) is 4.98 Å². The molecule has 1 heterocycles. The monoisotopic (exact) mass is 290 g/mol. The van der Waals surface area contributed by atoms with Crippen LogP contribution in [0.3, 0.4) is 0 Å². The van der Waals surface area contributed by atoms with E-state index < -0.39 is 6.10 Å². The minimum Gasteiger partial charge on any atom is -0.383 e. The number of hydrogen-bond donors (Lipinski definition) is 1. The van der Waals surface area contributed by atoms with Crippen molar-refractivity contribution in [3.8, 4) is 0 Å². The summed E-state index contributed by atoms with van der Waals surface area (Å²) in [5.41, 5.74) is 6.81. The van der Waals surface area contributed by atoms with E-state index in [9.17, 15) is 4.79 Å². The van der Waals surface area contributed by atoms with Gasteiger partial charge in [0.1, 0.15) is 11.9 Å². The van der Waals surface area contributed by atoms with Gasteiger partial charge in [-0.15, -0.1) is 0 Å². The first-order valence-corrected chi connectivity index (χ1v) is 6.63. The number of ketones is 1. The number of benzene rings is 1. The van der Waals surface area contributed by atoms with Crippen LogP contribution in [0, 0.1) is 0 Å². The van der Waals surface area contributed by atoms with Gasteiger partial charge < -0.3 is 10.5 Å². The van der Waals surface area contributed by atoms with Gasteiger partial charge in [-0.1, -0.05) is 41.9 Å². The number of anilines is 1. The molecule has 0 spiro atoms. The van der Waals surface area contributed by atoms with E-state index in [4.69, 9.17) is 22.1 Å². The van der Waals surface area contributed by atoms with E-state index in [-0.39, 0.29) is 17.2 Å². The Morgan fingerprint density at radius 3 is 2.75 bits per heavy atom. The maximum atomic E-state index is 12.6. The molecule has 1 aromatic heterocycles.